The lowest BCUT2D eigenvalue weighted by molar-refractivity contribution is -0.143. The van der Waals surface area contributed by atoms with Gasteiger partial charge in [0.2, 0.25) is 5.91 Å². The highest BCUT2D eigenvalue weighted by Crippen LogP contribution is 2.22. The first-order valence-corrected chi connectivity index (χ1v) is 13.6. The standard InChI is InChI=1S/C31H36ClN3O3/c1-22-6-8-23(9-7-22)14-17-33-30(37)25-15-18-35(19-16-25)31(38)29(36)20-26-4-2-3-5-28(26)34-21-24-10-12-27(32)13-11-24/h2-13,25,29,34,36H,14-21H2,1H3,(H,33,37). The van der Waals surface area contributed by atoms with Crippen LogP contribution in [-0.4, -0.2) is 47.6 Å². The summed E-state index contributed by atoms with van der Waals surface area (Å²) in [6.45, 7) is 4.22. The highest BCUT2D eigenvalue weighted by atomic mass is 35.5. The molecule has 200 valence electrons. The van der Waals surface area contributed by atoms with Crippen LogP contribution in [0, 0.1) is 12.8 Å². The number of hydrogen-bond donors (Lipinski definition) is 3. The number of nitrogens with zero attached hydrogens (tertiary/aromatic N) is 1. The molecule has 7 heteroatoms. The first-order valence-electron chi connectivity index (χ1n) is 13.3. The van der Waals surface area contributed by atoms with Crippen molar-refractivity contribution >= 4 is 29.1 Å². The van der Waals surface area contributed by atoms with Gasteiger partial charge >= 0.3 is 0 Å². The Bertz CT molecular complexity index is 1210. The van der Waals surface area contributed by atoms with Crippen molar-refractivity contribution in [1.82, 2.24) is 10.2 Å². The molecular formula is C31H36ClN3O3. The van der Waals surface area contributed by atoms with Gasteiger partial charge in [-0.15, -0.1) is 0 Å². The van der Waals surface area contributed by atoms with Crippen molar-refractivity contribution in [1.29, 1.82) is 0 Å². The SMILES string of the molecule is Cc1ccc(CCNC(=O)C2CCN(C(=O)C(O)Cc3ccccc3NCc3ccc(Cl)cc3)CC2)cc1. The molecular weight excluding hydrogens is 498 g/mol. The molecule has 1 aliphatic heterocycles. The number of benzene rings is 3. The number of aryl methyl sites for hydroxylation is 1. The number of rotatable bonds is 10. The molecule has 0 bridgehead atoms. The molecule has 0 aliphatic carbocycles. The maximum Gasteiger partial charge on any atom is 0.251 e. The Morgan fingerprint density at radius 3 is 2.34 bits per heavy atom. The number of carbonyl (C=O) groups excluding carboxylic acids is 2. The van der Waals surface area contributed by atoms with Crippen LogP contribution in [0.3, 0.4) is 0 Å². The monoisotopic (exact) mass is 533 g/mol. The van der Waals surface area contributed by atoms with Crippen molar-refractivity contribution in [2.45, 2.75) is 45.3 Å². The van der Waals surface area contributed by atoms with E-state index in [-0.39, 0.29) is 24.2 Å². The van der Waals surface area contributed by atoms with Crippen molar-refractivity contribution in [3.8, 4) is 0 Å². The molecule has 3 aromatic carbocycles. The summed E-state index contributed by atoms with van der Waals surface area (Å²) in [6, 6.07) is 23.7. The van der Waals surface area contributed by atoms with Crippen LogP contribution < -0.4 is 10.6 Å². The van der Waals surface area contributed by atoms with Gasteiger partial charge in [-0.05, 0) is 61.1 Å². The fraction of sp³-hybridized carbons (Fsp3) is 0.355. The predicted octanol–water partition coefficient (Wildman–Crippen LogP) is 4.76. The number of nitrogens with one attached hydrogen (secondary N) is 2. The van der Waals surface area contributed by atoms with Crippen LogP contribution in [0.1, 0.15) is 35.1 Å². The summed E-state index contributed by atoms with van der Waals surface area (Å²) < 4.78 is 0. The highest BCUT2D eigenvalue weighted by molar-refractivity contribution is 6.30. The molecule has 0 spiro atoms. The zero-order valence-electron chi connectivity index (χ0n) is 21.8. The lowest BCUT2D eigenvalue weighted by Gasteiger charge is -2.32. The molecule has 1 unspecified atom stereocenters. The molecule has 1 heterocycles. The average Bonchev–Trinajstić information content (AvgIpc) is 2.94. The minimum Gasteiger partial charge on any atom is -0.383 e. The largest absolute Gasteiger partial charge is 0.383 e. The number of amides is 2. The molecule has 0 saturated carbocycles. The Morgan fingerprint density at radius 1 is 0.974 bits per heavy atom. The fourth-order valence-corrected chi connectivity index (χ4v) is 4.89. The van der Waals surface area contributed by atoms with Gasteiger partial charge < -0.3 is 20.6 Å². The Balaban J connectivity index is 1.22. The third-order valence-electron chi connectivity index (χ3n) is 7.12. The van der Waals surface area contributed by atoms with Gasteiger partial charge in [0, 0.05) is 49.2 Å². The summed E-state index contributed by atoms with van der Waals surface area (Å²) in [6.07, 6.45) is 1.10. The van der Waals surface area contributed by atoms with Gasteiger partial charge in [-0.2, -0.15) is 0 Å². The Morgan fingerprint density at radius 2 is 1.63 bits per heavy atom. The van der Waals surface area contributed by atoms with E-state index in [0.717, 1.165) is 23.2 Å². The third-order valence-corrected chi connectivity index (χ3v) is 7.37. The second-order valence-corrected chi connectivity index (χ2v) is 10.4. The smallest absolute Gasteiger partial charge is 0.251 e. The van der Waals surface area contributed by atoms with Crippen molar-refractivity contribution in [2.24, 2.45) is 5.92 Å². The number of hydrogen-bond acceptors (Lipinski definition) is 4. The molecule has 3 N–H and O–H groups in total. The third kappa shape index (κ3) is 7.83. The topological polar surface area (TPSA) is 81.7 Å². The predicted molar refractivity (Wildman–Crippen MR) is 152 cm³/mol. The molecule has 1 atom stereocenters. The molecule has 3 aromatic rings. The number of halogens is 1. The van der Waals surface area contributed by atoms with Gasteiger partial charge in [-0.3, -0.25) is 9.59 Å². The second-order valence-electron chi connectivity index (χ2n) is 9.98. The van der Waals surface area contributed by atoms with Crippen molar-refractivity contribution in [3.63, 3.8) is 0 Å². The molecule has 1 saturated heterocycles. The van der Waals surface area contributed by atoms with E-state index in [1.54, 1.807) is 4.90 Å². The quantitative estimate of drug-likeness (QED) is 0.351. The Hall–Kier alpha value is -3.35. The van der Waals surface area contributed by atoms with Crippen LogP contribution in [0.15, 0.2) is 72.8 Å². The van der Waals surface area contributed by atoms with Crippen molar-refractivity contribution in [2.75, 3.05) is 25.0 Å². The fourth-order valence-electron chi connectivity index (χ4n) is 4.77. The number of para-hydroxylation sites is 1. The molecule has 1 aliphatic rings. The zero-order chi connectivity index (χ0) is 26.9. The summed E-state index contributed by atoms with van der Waals surface area (Å²) >= 11 is 5.97. The molecule has 0 aromatic heterocycles. The first-order chi connectivity index (χ1) is 18.4. The normalized spacial score (nSPS) is 14.7. The summed E-state index contributed by atoms with van der Waals surface area (Å²) in [5, 5.41) is 17.9. The Kier molecular flexibility index (Phi) is 9.79. The summed E-state index contributed by atoms with van der Waals surface area (Å²) in [4.78, 5) is 27.3. The van der Waals surface area contributed by atoms with E-state index in [4.69, 9.17) is 11.6 Å². The minimum absolute atomic E-state index is 0.0467. The number of aliphatic hydroxyl groups excluding tert-OH is 1. The summed E-state index contributed by atoms with van der Waals surface area (Å²) in [5.74, 6) is -0.340. The zero-order valence-corrected chi connectivity index (χ0v) is 22.6. The van der Waals surface area contributed by atoms with Crippen molar-refractivity contribution < 1.29 is 14.7 Å². The van der Waals surface area contributed by atoms with E-state index >= 15 is 0 Å². The van der Waals surface area contributed by atoms with E-state index in [2.05, 4.69) is 41.8 Å². The minimum atomic E-state index is -1.13. The van der Waals surface area contributed by atoms with Crippen LogP contribution in [0.25, 0.3) is 0 Å². The van der Waals surface area contributed by atoms with E-state index in [1.165, 1.54) is 11.1 Å². The lowest BCUT2D eigenvalue weighted by atomic mass is 9.95. The van der Waals surface area contributed by atoms with Gasteiger partial charge in [-0.25, -0.2) is 0 Å². The Labute approximate surface area is 230 Å². The van der Waals surface area contributed by atoms with Crippen LogP contribution in [0.4, 0.5) is 5.69 Å². The molecule has 4 rings (SSSR count). The maximum atomic E-state index is 13.0. The number of likely N-dealkylation sites (tertiary alicyclic amines) is 1. The molecule has 38 heavy (non-hydrogen) atoms. The second kappa shape index (κ2) is 13.4. The molecule has 2 amide bonds. The number of carbonyl (C=O) groups is 2. The van der Waals surface area contributed by atoms with Crippen LogP contribution in [0.5, 0.6) is 0 Å². The maximum absolute atomic E-state index is 13.0. The first kappa shape index (κ1) is 27.7. The number of anilines is 1. The van der Waals surface area contributed by atoms with E-state index in [0.29, 0.717) is 44.0 Å². The van der Waals surface area contributed by atoms with Crippen LogP contribution in [-0.2, 0) is 29.0 Å². The van der Waals surface area contributed by atoms with Crippen LogP contribution >= 0.6 is 11.6 Å². The van der Waals surface area contributed by atoms with E-state index < -0.39 is 6.10 Å². The summed E-state index contributed by atoms with van der Waals surface area (Å²) in [7, 11) is 0. The van der Waals surface area contributed by atoms with Crippen LogP contribution in [0.2, 0.25) is 5.02 Å². The van der Waals surface area contributed by atoms with Gasteiger partial charge in [0.15, 0.2) is 0 Å². The van der Waals surface area contributed by atoms with Gasteiger partial charge in [0.25, 0.3) is 5.91 Å². The summed E-state index contributed by atoms with van der Waals surface area (Å²) in [5.41, 5.74) is 5.27. The van der Waals surface area contributed by atoms with Gasteiger partial charge in [-0.1, -0.05) is 71.8 Å². The average molecular weight is 534 g/mol. The molecule has 6 nitrogen and oxygen atoms in total. The van der Waals surface area contributed by atoms with Gasteiger partial charge in [0.05, 0.1) is 0 Å². The van der Waals surface area contributed by atoms with Gasteiger partial charge in [0.1, 0.15) is 6.10 Å². The number of piperidine rings is 1. The number of aliphatic hydroxyl groups is 1. The van der Waals surface area contributed by atoms with E-state index in [1.807, 2.05) is 48.5 Å². The molecule has 1 fully saturated rings. The van der Waals surface area contributed by atoms with E-state index in [9.17, 15) is 14.7 Å². The molecule has 0 radical (unpaired) electrons. The van der Waals surface area contributed by atoms with Crippen molar-refractivity contribution in [3.05, 3.63) is 100 Å². The lowest BCUT2D eigenvalue weighted by Crippen LogP contribution is -2.47. The highest BCUT2D eigenvalue weighted by Gasteiger charge is 2.30.